The van der Waals surface area contributed by atoms with Crippen molar-refractivity contribution in [1.82, 2.24) is 15.2 Å². The molecule has 1 unspecified atom stereocenters. The topological polar surface area (TPSA) is 137 Å². The van der Waals surface area contributed by atoms with E-state index in [2.05, 4.69) is 16.0 Å². The van der Waals surface area contributed by atoms with E-state index in [9.17, 15) is 19.2 Å². The molecule has 11 heteroatoms. The number of amides is 3. The van der Waals surface area contributed by atoms with Crippen LogP contribution in [0.25, 0.3) is 0 Å². The van der Waals surface area contributed by atoms with Crippen molar-refractivity contribution in [3.05, 3.63) is 84.2 Å². The lowest BCUT2D eigenvalue weighted by molar-refractivity contribution is -0.145. The molecule has 2 aromatic carbocycles. The molecule has 2 atom stereocenters. The standard InChI is InChI=1S/C36H48N4O7/c1-8-46-32(42)29(26-17-19-28(45-7)20-18-26)24-40-22-21-27(23-40)37-31(41)30(16-12-15-25-13-10-9-11-14-25)38-33(43)36(5,6)39-34(44)47-35(2,3)4/h9-11,13-14,17-23,29-30H,8,12,15-16,24H2,1-7H3,(H,37,41)(H,38,43)(H,39,44)/t29?,30-/m1/s1. The Hall–Kier alpha value is -4.80. The Bertz CT molecular complexity index is 1480. The summed E-state index contributed by atoms with van der Waals surface area (Å²) < 4.78 is 17.7. The molecule has 0 aliphatic rings. The number of methoxy groups -OCH3 is 1. The molecule has 0 bridgehead atoms. The number of ether oxygens (including phenoxy) is 3. The third-order valence-corrected chi connectivity index (χ3v) is 7.30. The molecule has 0 aliphatic heterocycles. The second-order valence-electron chi connectivity index (χ2n) is 12.8. The molecule has 0 fully saturated rings. The van der Waals surface area contributed by atoms with E-state index in [1.165, 1.54) is 0 Å². The van der Waals surface area contributed by atoms with Gasteiger partial charge in [0.05, 0.1) is 25.3 Å². The van der Waals surface area contributed by atoms with Gasteiger partial charge in [0.1, 0.15) is 22.9 Å². The second-order valence-corrected chi connectivity index (χ2v) is 12.8. The summed E-state index contributed by atoms with van der Waals surface area (Å²) >= 11 is 0. The molecule has 0 spiro atoms. The highest BCUT2D eigenvalue weighted by Crippen LogP contribution is 2.24. The number of benzene rings is 2. The van der Waals surface area contributed by atoms with Gasteiger partial charge in [-0.1, -0.05) is 42.5 Å². The molecule has 1 aromatic heterocycles. The number of hydrogen-bond acceptors (Lipinski definition) is 7. The smallest absolute Gasteiger partial charge is 0.408 e. The molecule has 0 saturated carbocycles. The maximum absolute atomic E-state index is 13.6. The molecule has 47 heavy (non-hydrogen) atoms. The van der Waals surface area contributed by atoms with Crippen LogP contribution in [0.1, 0.15) is 71.4 Å². The van der Waals surface area contributed by atoms with Crippen LogP contribution < -0.4 is 20.7 Å². The Morgan fingerprint density at radius 1 is 0.915 bits per heavy atom. The van der Waals surface area contributed by atoms with E-state index in [1.807, 2.05) is 42.5 Å². The zero-order valence-corrected chi connectivity index (χ0v) is 28.4. The first-order valence-electron chi connectivity index (χ1n) is 15.8. The van der Waals surface area contributed by atoms with Crippen molar-refractivity contribution < 1.29 is 33.4 Å². The molecule has 3 aromatic rings. The van der Waals surface area contributed by atoms with Gasteiger partial charge in [-0.05, 0) is 90.1 Å². The average molecular weight is 649 g/mol. The SMILES string of the molecule is CCOC(=O)C(Cn1ccc(NC(=O)[C@@H](CCCc2ccccc2)NC(=O)C(C)(C)NC(=O)OC(C)(C)C)c1)c1ccc(OC)cc1. The minimum Gasteiger partial charge on any atom is -0.497 e. The predicted octanol–water partition coefficient (Wildman–Crippen LogP) is 5.59. The van der Waals surface area contributed by atoms with Crippen molar-refractivity contribution in [3.63, 3.8) is 0 Å². The highest BCUT2D eigenvalue weighted by atomic mass is 16.6. The summed E-state index contributed by atoms with van der Waals surface area (Å²) in [5.74, 6) is -1.20. The van der Waals surface area contributed by atoms with E-state index in [4.69, 9.17) is 14.2 Å². The number of carbonyl (C=O) groups excluding carboxylic acids is 4. The van der Waals surface area contributed by atoms with Gasteiger partial charge in [0, 0.05) is 18.9 Å². The van der Waals surface area contributed by atoms with Gasteiger partial charge < -0.3 is 34.7 Å². The lowest BCUT2D eigenvalue weighted by Gasteiger charge is -2.29. The third kappa shape index (κ3) is 11.8. The molecule has 0 aliphatic carbocycles. The van der Waals surface area contributed by atoms with Crippen LogP contribution in [-0.2, 0) is 36.8 Å². The quantitative estimate of drug-likeness (QED) is 0.183. The van der Waals surface area contributed by atoms with Crippen molar-refractivity contribution >= 4 is 29.6 Å². The van der Waals surface area contributed by atoms with E-state index in [1.54, 1.807) is 83.8 Å². The lowest BCUT2D eigenvalue weighted by Crippen LogP contribution is -2.58. The molecule has 0 saturated heterocycles. The van der Waals surface area contributed by atoms with Crippen LogP contribution in [0.4, 0.5) is 10.5 Å². The maximum atomic E-state index is 13.6. The first kappa shape index (κ1) is 36.7. The number of anilines is 1. The monoisotopic (exact) mass is 648 g/mol. The highest BCUT2D eigenvalue weighted by Gasteiger charge is 2.34. The number of hydrogen-bond donors (Lipinski definition) is 3. The Morgan fingerprint density at radius 3 is 2.21 bits per heavy atom. The molecular formula is C36H48N4O7. The fraction of sp³-hybridized carbons (Fsp3) is 0.444. The summed E-state index contributed by atoms with van der Waals surface area (Å²) in [5, 5.41) is 8.33. The molecule has 3 N–H and O–H groups in total. The summed E-state index contributed by atoms with van der Waals surface area (Å²) in [6, 6.07) is 18.0. The van der Waals surface area contributed by atoms with Crippen LogP contribution in [0.2, 0.25) is 0 Å². The van der Waals surface area contributed by atoms with Crippen LogP contribution in [0, 0.1) is 0 Å². The van der Waals surface area contributed by atoms with Gasteiger partial charge in [-0.25, -0.2) is 4.79 Å². The summed E-state index contributed by atoms with van der Waals surface area (Å²) in [6.07, 6.45) is 4.47. The zero-order valence-electron chi connectivity index (χ0n) is 28.4. The molecular weight excluding hydrogens is 600 g/mol. The van der Waals surface area contributed by atoms with E-state index in [0.29, 0.717) is 24.3 Å². The van der Waals surface area contributed by atoms with E-state index >= 15 is 0 Å². The van der Waals surface area contributed by atoms with E-state index < -0.39 is 41.0 Å². The maximum Gasteiger partial charge on any atom is 0.408 e. The average Bonchev–Trinajstić information content (AvgIpc) is 3.45. The molecule has 1 heterocycles. The fourth-order valence-corrected chi connectivity index (χ4v) is 4.84. The van der Waals surface area contributed by atoms with Gasteiger partial charge >= 0.3 is 12.1 Å². The van der Waals surface area contributed by atoms with Gasteiger partial charge in [-0.15, -0.1) is 0 Å². The van der Waals surface area contributed by atoms with Gasteiger partial charge in [0.25, 0.3) is 0 Å². The minimum atomic E-state index is -1.35. The molecule has 3 amide bonds. The van der Waals surface area contributed by atoms with Crippen molar-refractivity contribution in [2.75, 3.05) is 19.0 Å². The molecule has 254 valence electrons. The second kappa shape index (κ2) is 16.7. The Balaban J connectivity index is 1.74. The first-order chi connectivity index (χ1) is 22.2. The number of aromatic nitrogens is 1. The zero-order chi connectivity index (χ0) is 34.6. The highest BCUT2D eigenvalue weighted by molar-refractivity contribution is 5.99. The van der Waals surface area contributed by atoms with Gasteiger partial charge in [0.15, 0.2) is 0 Å². The first-order valence-corrected chi connectivity index (χ1v) is 15.8. The lowest BCUT2D eigenvalue weighted by atomic mass is 9.99. The number of alkyl carbamates (subject to hydrolysis) is 1. The Kier molecular flexibility index (Phi) is 13.0. The normalized spacial score (nSPS) is 12.7. The Morgan fingerprint density at radius 2 is 1.60 bits per heavy atom. The fourth-order valence-electron chi connectivity index (χ4n) is 4.84. The van der Waals surface area contributed by atoms with Crippen LogP contribution in [0.15, 0.2) is 73.1 Å². The summed E-state index contributed by atoms with van der Waals surface area (Å²) in [5.41, 5.74) is 0.300. The number of aryl methyl sites for hydroxylation is 1. The number of nitrogens with zero attached hydrogens (tertiary/aromatic N) is 1. The summed E-state index contributed by atoms with van der Waals surface area (Å²) in [7, 11) is 1.58. The molecule has 3 rings (SSSR count). The third-order valence-electron chi connectivity index (χ3n) is 7.30. The number of rotatable bonds is 15. The van der Waals surface area contributed by atoms with Crippen molar-refractivity contribution in [2.24, 2.45) is 0 Å². The molecule has 0 radical (unpaired) electrons. The van der Waals surface area contributed by atoms with Crippen LogP contribution in [0.3, 0.4) is 0 Å². The Labute approximate surface area is 277 Å². The predicted molar refractivity (Wildman–Crippen MR) is 180 cm³/mol. The van der Waals surface area contributed by atoms with Crippen molar-refractivity contribution in [1.29, 1.82) is 0 Å². The van der Waals surface area contributed by atoms with Crippen LogP contribution >= 0.6 is 0 Å². The van der Waals surface area contributed by atoms with Gasteiger partial charge in [-0.2, -0.15) is 0 Å². The van der Waals surface area contributed by atoms with E-state index in [-0.39, 0.29) is 19.1 Å². The molecule has 11 nitrogen and oxygen atoms in total. The van der Waals surface area contributed by atoms with Crippen LogP contribution in [-0.4, -0.2) is 59.3 Å². The summed E-state index contributed by atoms with van der Waals surface area (Å²) in [4.78, 5) is 52.3. The summed E-state index contributed by atoms with van der Waals surface area (Å²) in [6.45, 7) is 10.6. The van der Waals surface area contributed by atoms with Crippen LogP contribution in [0.5, 0.6) is 5.75 Å². The number of esters is 1. The van der Waals surface area contributed by atoms with Gasteiger partial charge in [0.2, 0.25) is 11.8 Å². The van der Waals surface area contributed by atoms with Crippen molar-refractivity contribution in [3.8, 4) is 5.75 Å². The largest absolute Gasteiger partial charge is 0.497 e. The minimum absolute atomic E-state index is 0.250. The number of carbonyl (C=O) groups is 4. The van der Waals surface area contributed by atoms with Crippen molar-refractivity contribution in [2.45, 2.75) is 90.4 Å². The van der Waals surface area contributed by atoms with E-state index in [0.717, 1.165) is 17.5 Å². The van der Waals surface area contributed by atoms with Gasteiger partial charge in [-0.3, -0.25) is 14.4 Å². The number of nitrogens with one attached hydrogen (secondary N) is 3.